The number of hydrogen-bond donors (Lipinski definition) is 2. The van der Waals surface area contributed by atoms with Crippen molar-refractivity contribution in [2.45, 2.75) is 37.4 Å². The summed E-state index contributed by atoms with van der Waals surface area (Å²) in [5, 5.41) is 12.2. The Morgan fingerprint density at radius 1 is 1.19 bits per heavy atom. The van der Waals surface area contributed by atoms with Crippen LogP contribution in [-0.4, -0.2) is 50.3 Å². The van der Waals surface area contributed by atoms with Crippen molar-refractivity contribution in [2.75, 3.05) is 11.1 Å². The standard InChI is InChI=1S/C19H20F3N5O4S/c1-5-32(30,31)13-6-10(25-17(28)18(2,3)29)8-24-15(13)16-26-11-7-14(19(20,21)22)23-9-12(11)27(16)4/h6-9,29H,5H2,1-4H3,(H,25,28). The lowest BCUT2D eigenvalue weighted by Crippen LogP contribution is -2.36. The molecule has 0 radical (unpaired) electrons. The number of carbonyl (C=O) groups excluding carboxylic acids is 1. The van der Waals surface area contributed by atoms with Gasteiger partial charge in [0, 0.05) is 7.05 Å². The van der Waals surface area contributed by atoms with Crippen LogP contribution in [0.25, 0.3) is 22.6 Å². The molecule has 1 amide bonds. The van der Waals surface area contributed by atoms with Gasteiger partial charge >= 0.3 is 6.18 Å². The summed E-state index contributed by atoms with van der Waals surface area (Å²) in [7, 11) is -2.39. The number of imidazole rings is 1. The number of aliphatic hydroxyl groups is 1. The number of aryl methyl sites for hydroxylation is 1. The lowest BCUT2D eigenvalue weighted by atomic mass is 10.1. The molecule has 172 valence electrons. The molecule has 3 heterocycles. The van der Waals surface area contributed by atoms with Gasteiger partial charge in [-0.2, -0.15) is 13.2 Å². The largest absolute Gasteiger partial charge is 0.433 e. The summed E-state index contributed by atoms with van der Waals surface area (Å²) in [6.07, 6.45) is -2.49. The van der Waals surface area contributed by atoms with E-state index in [9.17, 15) is 31.5 Å². The monoisotopic (exact) mass is 471 g/mol. The SMILES string of the molecule is CCS(=O)(=O)c1cc(NC(=O)C(C)(C)O)cnc1-c1nc2cc(C(F)(F)F)ncc2n1C. The van der Waals surface area contributed by atoms with Gasteiger partial charge in [-0.05, 0) is 26.0 Å². The van der Waals surface area contributed by atoms with E-state index in [0.29, 0.717) is 0 Å². The van der Waals surface area contributed by atoms with Crippen molar-refractivity contribution >= 4 is 32.5 Å². The van der Waals surface area contributed by atoms with E-state index in [1.807, 2.05) is 0 Å². The van der Waals surface area contributed by atoms with Crippen molar-refractivity contribution in [3.63, 3.8) is 0 Å². The van der Waals surface area contributed by atoms with Crippen LogP contribution in [0.4, 0.5) is 18.9 Å². The van der Waals surface area contributed by atoms with Crippen molar-refractivity contribution in [3.8, 4) is 11.5 Å². The molecular weight excluding hydrogens is 451 g/mol. The number of sulfone groups is 1. The number of amides is 1. The molecule has 0 spiro atoms. The highest BCUT2D eigenvalue weighted by atomic mass is 32.2. The van der Waals surface area contributed by atoms with Crippen LogP contribution >= 0.6 is 0 Å². The molecule has 0 aliphatic carbocycles. The third kappa shape index (κ3) is 4.43. The normalized spacial score (nSPS) is 12.9. The molecule has 2 N–H and O–H groups in total. The van der Waals surface area contributed by atoms with Crippen molar-refractivity contribution in [1.82, 2.24) is 19.5 Å². The first-order valence-electron chi connectivity index (χ1n) is 9.32. The maximum absolute atomic E-state index is 13.0. The summed E-state index contributed by atoms with van der Waals surface area (Å²) in [5.41, 5.74) is -2.72. The van der Waals surface area contributed by atoms with Gasteiger partial charge in [-0.15, -0.1) is 0 Å². The fourth-order valence-corrected chi connectivity index (χ4v) is 3.87. The highest BCUT2D eigenvalue weighted by Crippen LogP contribution is 2.33. The molecule has 13 heteroatoms. The third-order valence-corrected chi connectivity index (χ3v) is 6.39. The number of fused-ring (bicyclic) bond motifs is 1. The number of anilines is 1. The average molecular weight is 471 g/mol. The summed E-state index contributed by atoms with van der Waals surface area (Å²) in [4.78, 5) is 23.5. The molecule has 9 nitrogen and oxygen atoms in total. The average Bonchev–Trinajstić information content (AvgIpc) is 3.02. The Morgan fingerprint density at radius 3 is 2.41 bits per heavy atom. The van der Waals surface area contributed by atoms with E-state index < -0.39 is 33.2 Å². The first-order chi connectivity index (χ1) is 14.6. The number of aromatic nitrogens is 4. The molecule has 0 bridgehead atoms. The topological polar surface area (TPSA) is 127 Å². The van der Waals surface area contributed by atoms with Gasteiger partial charge in [-0.25, -0.2) is 23.4 Å². The second-order valence-corrected chi connectivity index (χ2v) is 9.78. The van der Waals surface area contributed by atoms with Gasteiger partial charge in [0.25, 0.3) is 5.91 Å². The van der Waals surface area contributed by atoms with Crippen LogP contribution in [0.5, 0.6) is 0 Å². The smallest absolute Gasteiger partial charge is 0.381 e. The van der Waals surface area contributed by atoms with E-state index in [0.717, 1.165) is 12.3 Å². The number of rotatable bonds is 5. The van der Waals surface area contributed by atoms with Crippen molar-refractivity contribution in [3.05, 3.63) is 30.2 Å². The Bertz CT molecular complexity index is 1310. The number of carbonyl (C=O) groups is 1. The zero-order chi connectivity index (χ0) is 24.1. The number of alkyl halides is 3. The van der Waals surface area contributed by atoms with Gasteiger partial charge in [-0.1, -0.05) is 6.92 Å². The number of nitrogens with zero attached hydrogens (tertiary/aromatic N) is 4. The number of halogens is 3. The first kappa shape index (κ1) is 23.6. The van der Waals surface area contributed by atoms with Crippen LogP contribution in [-0.2, 0) is 27.9 Å². The van der Waals surface area contributed by atoms with E-state index in [2.05, 4.69) is 20.3 Å². The van der Waals surface area contributed by atoms with E-state index >= 15 is 0 Å². The minimum Gasteiger partial charge on any atom is -0.381 e. The van der Waals surface area contributed by atoms with Gasteiger partial charge in [0.15, 0.2) is 15.7 Å². The minimum absolute atomic E-state index is 0.00788. The number of pyridine rings is 2. The highest BCUT2D eigenvalue weighted by Gasteiger charge is 2.33. The second kappa shape index (κ2) is 7.81. The molecule has 0 aromatic carbocycles. The van der Waals surface area contributed by atoms with E-state index in [1.54, 1.807) is 0 Å². The van der Waals surface area contributed by atoms with Crippen molar-refractivity contribution < 1.29 is 31.5 Å². The van der Waals surface area contributed by atoms with Crippen LogP contribution in [0.15, 0.2) is 29.4 Å². The summed E-state index contributed by atoms with van der Waals surface area (Å²) in [6, 6.07) is 1.94. The molecule has 0 aliphatic heterocycles. The van der Waals surface area contributed by atoms with E-state index in [1.165, 1.54) is 44.6 Å². The van der Waals surface area contributed by atoms with Gasteiger partial charge in [0.05, 0.1) is 39.8 Å². The molecule has 3 rings (SSSR count). The maximum Gasteiger partial charge on any atom is 0.433 e. The third-order valence-electron chi connectivity index (χ3n) is 4.65. The van der Waals surface area contributed by atoms with Crippen LogP contribution in [0.2, 0.25) is 0 Å². The highest BCUT2D eigenvalue weighted by molar-refractivity contribution is 7.91. The molecular formula is C19H20F3N5O4S. The Kier molecular flexibility index (Phi) is 5.76. The van der Waals surface area contributed by atoms with Gasteiger partial charge in [0.1, 0.15) is 17.0 Å². The molecule has 3 aromatic rings. The van der Waals surface area contributed by atoms with Crippen LogP contribution in [0.1, 0.15) is 26.5 Å². The van der Waals surface area contributed by atoms with Crippen molar-refractivity contribution in [2.24, 2.45) is 7.05 Å². The molecule has 0 fully saturated rings. The molecule has 0 saturated heterocycles. The zero-order valence-electron chi connectivity index (χ0n) is 17.5. The summed E-state index contributed by atoms with van der Waals surface area (Å²) in [6.45, 7) is 3.93. The van der Waals surface area contributed by atoms with Crippen LogP contribution in [0, 0.1) is 0 Å². The minimum atomic E-state index is -4.67. The maximum atomic E-state index is 13.0. The van der Waals surface area contributed by atoms with E-state index in [4.69, 9.17) is 0 Å². The number of hydrogen-bond acceptors (Lipinski definition) is 7. The number of nitrogens with one attached hydrogen (secondary N) is 1. The lowest BCUT2D eigenvalue weighted by Gasteiger charge is -2.17. The Balaban J connectivity index is 2.19. The molecule has 0 unspecified atom stereocenters. The second-order valence-electron chi connectivity index (χ2n) is 7.54. The fourth-order valence-electron chi connectivity index (χ4n) is 2.81. The Morgan fingerprint density at radius 2 is 1.84 bits per heavy atom. The molecule has 3 aromatic heterocycles. The van der Waals surface area contributed by atoms with Crippen LogP contribution < -0.4 is 5.32 Å². The molecule has 0 aliphatic rings. The summed E-state index contributed by atoms with van der Waals surface area (Å²) >= 11 is 0. The molecule has 0 atom stereocenters. The summed E-state index contributed by atoms with van der Waals surface area (Å²) in [5.74, 6) is -1.07. The van der Waals surface area contributed by atoms with Gasteiger partial charge in [0.2, 0.25) is 0 Å². The molecule has 32 heavy (non-hydrogen) atoms. The Labute approximate surface area is 181 Å². The first-order valence-corrected chi connectivity index (χ1v) is 11.0. The summed E-state index contributed by atoms with van der Waals surface area (Å²) < 4.78 is 65.9. The molecule has 0 saturated carbocycles. The predicted molar refractivity (Wildman–Crippen MR) is 109 cm³/mol. The quantitative estimate of drug-likeness (QED) is 0.585. The zero-order valence-corrected chi connectivity index (χ0v) is 18.3. The predicted octanol–water partition coefficient (Wildman–Crippen LogP) is 2.55. The van der Waals surface area contributed by atoms with Crippen molar-refractivity contribution in [1.29, 1.82) is 0 Å². The fraction of sp³-hybridized carbons (Fsp3) is 0.368. The Hall–Kier alpha value is -3.06. The van der Waals surface area contributed by atoms with Gasteiger partial charge in [-0.3, -0.25) is 4.79 Å². The lowest BCUT2D eigenvalue weighted by molar-refractivity contribution is -0.141. The van der Waals surface area contributed by atoms with Crippen LogP contribution in [0.3, 0.4) is 0 Å². The van der Waals surface area contributed by atoms with Gasteiger partial charge < -0.3 is 15.0 Å². The van der Waals surface area contributed by atoms with E-state index in [-0.39, 0.29) is 38.9 Å².